The fraction of sp³-hybridized carbons (Fsp3) is 0.625. The van der Waals surface area contributed by atoms with Crippen molar-refractivity contribution in [3.63, 3.8) is 0 Å². The van der Waals surface area contributed by atoms with Gasteiger partial charge >= 0.3 is 5.97 Å². The lowest BCUT2D eigenvalue weighted by molar-refractivity contribution is -0.00716. The Balaban J connectivity index is 1.97. The lowest BCUT2D eigenvalue weighted by Crippen LogP contribution is -2.36. The Kier molecular flexibility index (Phi) is 6.14. The highest BCUT2D eigenvalue weighted by atomic mass is 16.5. The van der Waals surface area contributed by atoms with Gasteiger partial charge < -0.3 is 9.84 Å². The molecule has 1 N–H and O–H groups in total. The van der Waals surface area contributed by atoms with E-state index in [2.05, 4.69) is 16.8 Å². The van der Waals surface area contributed by atoms with Crippen LogP contribution in [0.25, 0.3) is 0 Å². The fourth-order valence-electron chi connectivity index (χ4n) is 2.74. The molecule has 0 spiro atoms. The summed E-state index contributed by atoms with van der Waals surface area (Å²) in [7, 11) is 0. The SMILES string of the molecule is CCCN(Cc1cncc(C(=O)O)c1)CC1CCCCO1. The summed E-state index contributed by atoms with van der Waals surface area (Å²) in [6.45, 7) is 5.63. The van der Waals surface area contributed by atoms with Crippen molar-refractivity contribution >= 4 is 5.97 Å². The number of nitrogens with zero attached hydrogens (tertiary/aromatic N) is 2. The van der Waals surface area contributed by atoms with E-state index in [1.54, 1.807) is 12.3 Å². The highest BCUT2D eigenvalue weighted by molar-refractivity contribution is 5.87. The highest BCUT2D eigenvalue weighted by Gasteiger charge is 2.18. The molecule has 1 aliphatic heterocycles. The molecule has 1 aliphatic rings. The van der Waals surface area contributed by atoms with Gasteiger partial charge in [0.2, 0.25) is 0 Å². The summed E-state index contributed by atoms with van der Waals surface area (Å²) in [6.07, 6.45) is 8.03. The van der Waals surface area contributed by atoms with E-state index >= 15 is 0 Å². The van der Waals surface area contributed by atoms with Gasteiger partial charge in [0.05, 0.1) is 11.7 Å². The predicted molar refractivity (Wildman–Crippen MR) is 80.4 cm³/mol. The molecule has 5 heteroatoms. The van der Waals surface area contributed by atoms with E-state index in [0.29, 0.717) is 6.10 Å². The largest absolute Gasteiger partial charge is 0.478 e. The molecule has 1 unspecified atom stereocenters. The minimum atomic E-state index is -0.929. The maximum atomic E-state index is 11.0. The summed E-state index contributed by atoms with van der Waals surface area (Å²) >= 11 is 0. The third-order valence-electron chi connectivity index (χ3n) is 3.72. The van der Waals surface area contributed by atoms with E-state index in [1.807, 2.05) is 0 Å². The fourth-order valence-corrected chi connectivity index (χ4v) is 2.74. The molecule has 0 radical (unpaired) electrons. The molecule has 116 valence electrons. The number of hydrogen-bond acceptors (Lipinski definition) is 4. The summed E-state index contributed by atoms with van der Waals surface area (Å²) in [5.41, 5.74) is 1.19. The van der Waals surface area contributed by atoms with Crippen molar-refractivity contribution in [2.24, 2.45) is 0 Å². The van der Waals surface area contributed by atoms with E-state index in [9.17, 15) is 4.79 Å². The average Bonchev–Trinajstić information content (AvgIpc) is 2.49. The smallest absolute Gasteiger partial charge is 0.337 e. The minimum absolute atomic E-state index is 0.248. The number of ether oxygens (including phenoxy) is 1. The molecular weight excluding hydrogens is 268 g/mol. The Morgan fingerprint density at radius 1 is 1.48 bits per heavy atom. The van der Waals surface area contributed by atoms with Gasteiger partial charge in [-0.3, -0.25) is 9.88 Å². The van der Waals surface area contributed by atoms with Gasteiger partial charge in [-0.1, -0.05) is 6.92 Å². The van der Waals surface area contributed by atoms with Crippen LogP contribution in [0.5, 0.6) is 0 Å². The number of aromatic nitrogens is 1. The topological polar surface area (TPSA) is 62.7 Å². The molecule has 5 nitrogen and oxygen atoms in total. The zero-order chi connectivity index (χ0) is 15.1. The Hall–Kier alpha value is -1.46. The van der Waals surface area contributed by atoms with E-state index in [1.165, 1.54) is 12.6 Å². The maximum absolute atomic E-state index is 11.0. The van der Waals surface area contributed by atoms with Crippen LogP contribution in [0.2, 0.25) is 0 Å². The number of carboxylic acids is 1. The van der Waals surface area contributed by atoms with Gasteiger partial charge in [-0.25, -0.2) is 4.79 Å². The first-order chi connectivity index (χ1) is 10.2. The van der Waals surface area contributed by atoms with Crippen molar-refractivity contribution in [2.45, 2.75) is 45.3 Å². The molecule has 1 aromatic rings. The second kappa shape index (κ2) is 8.10. The van der Waals surface area contributed by atoms with E-state index in [-0.39, 0.29) is 5.56 Å². The zero-order valence-corrected chi connectivity index (χ0v) is 12.6. The Bertz CT molecular complexity index is 459. The minimum Gasteiger partial charge on any atom is -0.478 e. The van der Waals surface area contributed by atoms with Crippen LogP contribution in [-0.2, 0) is 11.3 Å². The van der Waals surface area contributed by atoms with Crippen molar-refractivity contribution in [2.75, 3.05) is 19.7 Å². The quantitative estimate of drug-likeness (QED) is 0.837. The van der Waals surface area contributed by atoms with Crippen molar-refractivity contribution in [1.82, 2.24) is 9.88 Å². The van der Waals surface area contributed by atoms with Gasteiger partial charge in [0.25, 0.3) is 0 Å². The zero-order valence-electron chi connectivity index (χ0n) is 12.6. The highest BCUT2D eigenvalue weighted by Crippen LogP contribution is 2.16. The summed E-state index contributed by atoms with van der Waals surface area (Å²) in [4.78, 5) is 17.4. The van der Waals surface area contributed by atoms with Crippen molar-refractivity contribution in [3.05, 3.63) is 29.6 Å². The van der Waals surface area contributed by atoms with Crippen LogP contribution in [0.15, 0.2) is 18.5 Å². The Labute approximate surface area is 125 Å². The molecule has 1 saturated heterocycles. The van der Waals surface area contributed by atoms with Crippen LogP contribution in [-0.4, -0.2) is 46.8 Å². The first-order valence-electron chi connectivity index (χ1n) is 7.70. The lowest BCUT2D eigenvalue weighted by atomic mass is 10.1. The molecule has 1 fully saturated rings. The van der Waals surface area contributed by atoms with Crippen molar-refractivity contribution in [3.8, 4) is 0 Å². The summed E-state index contributed by atoms with van der Waals surface area (Å²) in [6, 6.07) is 1.71. The molecule has 1 atom stereocenters. The Morgan fingerprint density at radius 2 is 2.33 bits per heavy atom. The van der Waals surface area contributed by atoms with E-state index in [4.69, 9.17) is 9.84 Å². The lowest BCUT2D eigenvalue weighted by Gasteiger charge is -2.29. The summed E-state index contributed by atoms with van der Waals surface area (Å²) in [5.74, 6) is -0.929. The van der Waals surface area contributed by atoms with Gasteiger partial charge in [0.15, 0.2) is 0 Å². The van der Waals surface area contributed by atoms with Gasteiger partial charge in [-0.05, 0) is 43.9 Å². The van der Waals surface area contributed by atoms with Crippen molar-refractivity contribution in [1.29, 1.82) is 0 Å². The molecular formula is C16H24N2O3. The van der Waals surface area contributed by atoms with Gasteiger partial charge in [0.1, 0.15) is 0 Å². The monoisotopic (exact) mass is 292 g/mol. The van der Waals surface area contributed by atoms with Crippen LogP contribution in [0, 0.1) is 0 Å². The molecule has 0 aliphatic carbocycles. The number of rotatable bonds is 7. The summed E-state index contributed by atoms with van der Waals surface area (Å²) < 4.78 is 5.80. The second-order valence-corrected chi connectivity index (χ2v) is 5.61. The first kappa shape index (κ1) is 15.9. The van der Waals surface area contributed by atoms with Crippen LogP contribution >= 0.6 is 0 Å². The second-order valence-electron chi connectivity index (χ2n) is 5.61. The van der Waals surface area contributed by atoms with Crippen LogP contribution in [0.4, 0.5) is 0 Å². The van der Waals surface area contributed by atoms with Crippen molar-refractivity contribution < 1.29 is 14.6 Å². The summed E-state index contributed by atoms with van der Waals surface area (Å²) in [5, 5.41) is 9.03. The van der Waals surface area contributed by atoms with E-state index in [0.717, 1.165) is 51.1 Å². The Morgan fingerprint density at radius 3 is 3.00 bits per heavy atom. The van der Waals surface area contributed by atoms with Gasteiger partial charge in [0, 0.05) is 32.1 Å². The van der Waals surface area contributed by atoms with Crippen LogP contribution in [0.1, 0.15) is 48.5 Å². The molecule has 1 aromatic heterocycles. The first-order valence-corrected chi connectivity index (χ1v) is 7.70. The molecule has 2 heterocycles. The van der Waals surface area contributed by atoms with Crippen LogP contribution < -0.4 is 0 Å². The van der Waals surface area contributed by atoms with E-state index < -0.39 is 5.97 Å². The number of aromatic carboxylic acids is 1. The third kappa shape index (κ3) is 5.10. The predicted octanol–water partition coefficient (Wildman–Crippen LogP) is 2.56. The molecule has 0 bridgehead atoms. The number of pyridine rings is 1. The normalized spacial score (nSPS) is 18.9. The third-order valence-corrected chi connectivity index (χ3v) is 3.72. The molecule has 0 saturated carbocycles. The van der Waals surface area contributed by atoms with Gasteiger partial charge in [-0.2, -0.15) is 0 Å². The number of carbonyl (C=O) groups is 1. The molecule has 2 rings (SSSR count). The molecule has 0 aromatic carbocycles. The molecule has 0 amide bonds. The van der Waals surface area contributed by atoms with Crippen LogP contribution in [0.3, 0.4) is 0 Å². The number of hydrogen-bond donors (Lipinski definition) is 1. The standard InChI is InChI=1S/C16H24N2O3/c1-2-6-18(12-15-5-3-4-7-21-15)11-13-8-14(16(19)20)10-17-9-13/h8-10,15H,2-7,11-12H2,1H3,(H,19,20). The maximum Gasteiger partial charge on any atom is 0.337 e. The average molecular weight is 292 g/mol. The van der Waals surface area contributed by atoms with Gasteiger partial charge in [-0.15, -0.1) is 0 Å². The number of carboxylic acid groups (broad SMARTS) is 1. The molecule has 21 heavy (non-hydrogen) atoms.